The van der Waals surface area contributed by atoms with Crippen LogP contribution in [0.3, 0.4) is 0 Å². The van der Waals surface area contributed by atoms with Crippen LogP contribution in [0.4, 0.5) is 4.79 Å². The minimum absolute atomic E-state index is 0.00275. The molecular formula is C18H29NO3. The molecule has 0 bridgehead atoms. The van der Waals surface area contributed by atoms with E-state index in [0.29, 0.717) is 10.8 Å². The summed E-state index contributed by atoms with van der Waals surface area (Å²) in [4.78, 5) is 14.4. The molecule has 4 nitrogen and oxygen atoms in total. The van der Waals surface area contributed by atoms with Crippen molar-refractivity contribution < 1.29 is 14.3 Å². The Kier molecular flexibility index (Phi) is 3.27. The average molecular weight is 307 g/mol. The predicted molar refractivity (Wildman–Crippen MR) is 83.7 cm³/mol. The van der Waals surface area contributed by atoms with Crippen LogP contribution in [-0.4, -0.2) is 42.4 Å². The third kappa shape index (κ3) is 2.34. The highest BCUT2D eigenvalue weighted by Crippen LogP contribution is 2.60. The minimum atomic E-state index is -0.103. The Balaban J connectivity index is 1.28. The first-order valence-electron chi connectivity index (χ1n) is 9.08. The fourth-order valence-corrected chi connectivity index (χ4v) is 5.20. The number of likely N-dealkylation sites (tertiary alicyclic amines) is 1. The van der Waals surface area contributed by atoms with Crippen LogP contribution < -0.4 is 0 Å². The molecule has 1 unspecified atom stereocenters. The molecule has 4 aliphatic rings. The van der Waals surface area contributed by atoms with Gasteiger partial charge in [0, 0.05) is 19.5 Å². The summed E-state index contributed by atoms with van der Waals surface area (Å²) >= 11 is 0. The Morgan fingerprint density at radius 2 is 1.91 bits per heavy atom. The molecule has 4 fully saturated rings. The monoisotopic (exact) mass is 307 g/mol. The van der Waals surface area contributed by atoms with Gasteiger partial charge in [0.25, 0.3) is 0 Å². The summed E-state index contributed by atoms with van der Waals surface area (Å²) in [5, 5.41) is 0. The van der Waals surface area contributed by atoms with E-state index in [1.165, 1.54) is 19.3 Å². The van der Waals surface area contributed by atoms with Crippen LogP contribution in [0.25, 0.3) is 0 Å². The molecule has 4 rings (SSSR count). The van der Waals surface area contributed by atoms with E-state index in [4.69, 9.17) is 9.47 Å². The summed E-state index contributed by atoms with van der Waals surface area (Å²) in [6.07, 6.45) is 9.18. The number of carbonyl (C=O) groups is 1. The quantitative estimate of drug-likeness (QED) is 0.780. The van der Waals surface area contributed by atoms with Gasteiger partial charge in [0.1, 0.15) is 11.7 Å². The van der Waals surface area contributed by atoms with Gasteiger partial charge in [-0.1, -0.05) is 20.3 Å². The SMILES string of the molecule is CCC1(C)CC2(CCN(C(=O)OC3CCOC34CC4)CC2)C1. The standard InChI is InChI=1S/C18H29NO3/c1-3-16(2)12-17(13-16)7-9-19(10-8-17)15(20)22-14-4-11-21-18(14)5-6-18/h14H,3-13H2,1-2H3. The zero-order valence-corrected chi connectivity index (χ0v) is 14.0. The number of piperidine rings is 1. The molecular weight excluding hydrogens is 278 g/mol. The smallest absolute Gasteiger partial charge is 0.410 e. The number of ether oxygens (including phenoxy) is 2. The van der Waals surface area contributed by atoms with Crippen molar-refractivity contribution in [2.24, 2.45) is 10.8 Å². The highest BCUT2D eigenvalue weighted by molar-refractivity contribution is 5.68. The summed E-state index contributed by atoms with van der Waals surface area (Å²) in [7, 11) is 0. The lowest BCUT2D eigenvalue weighted by Gasteiger charge is -2.58. The van der Waals surface area contributed by atoms with E-state index in [1.807, 2.05) is 4.90 Å². The molecule has 2 saturated heterocycles. The van der Waals surface area contributed by atoms with Crippen LogP contribution in [0.5, 0.6) is 0 Å². The van der Waals surface area contributed by atoms with Gasteiger partial charge >= 0.3 is 6.09 Å². The zero-order chi connectivity index (χ0) is 15.4. The molecule has 2 spiro atoms. The second-order valence-electron chi connectivity index (χ2n) is 8.58. The van der Waals surface area contributed by atoms with Crippen molar-refractivity contribution in [2.75, 3.05) is 19.7 Å². The van der Waals surface area contributed by atoms with E-state index in [0.717, 1.165) is 51.8 Å². The van der Waals surface area contributed by atoms with Gasteiger partial charge in [-0.3, -0.25) is 0 Å². The number of amides is 1. The van der Waals surface area contributed by atoms with Crippen molar-refractivity contribution in [3.63, 3.8) is 0 Å². The maximum absolute atomic E-state index is 12.4. The molecule has 0 N–H and O–H groups in total. The van der Waals surface area contributed by atoms with Crippen LogP contribution in [-0.2, 0) is 9.47 Å². The third-order valence-electron chi connectivity index (χ3n) is 6.88. The molecule has 0 radical (unpaired) electrons. The van der Waals surface area contributed by atoms with Gasteiger partial charge in [0.05, 0.1) is 6.61 Å². The molecule has 2 aliphatic heterocycles. The lowest BCUT2D eigenvalue weighted by Crippen LogP contribution is -2.52. The van der Waals surface area contributed by atoms with Crippen molar-refractivity contribution in [3.05, 3.63) is 0 Å². The van der Waals surface area contributed by atoms with E-state index in [2.05, 4.69) is 13.8 Å². The number of carbonyl (C=O) groups excluding carboxylic acids is 1. The van der Waals surface area contributed by atoms with Crippen LogP contribution in [0, 0.1) is 10.8 Å². The topological polar surface area (TPSA) is 38.8 Å². The lowest BCUT2D eigenvalue weighted by molar-refractivity contribution is -0.0739. The summed E-state index contributed by atoms with van der Waals surface area (Å²) in [5.41, 5.74) is 0.988. The van der Waals surface area contributed by atoms with Crippen LogP contribution in [0.15, 0.2) is 0 Å². The maximum Gasteiger partial charge on any atom is 0.410 e. The predicted octanol–water partition coefficient (Wildman–Crippen LogP) is 3.74. The molecule has 0 aromatic rings. The average Bonchev–Trinajstić information content (AvgIpc) is 3.15. The molecule has 0 aromatic heterocycles. The molecule has 4 heteroatoms. The van der Waals surface area contributed by atoms with Crippen LogP contribution in [0.2, 0.25) is 0 Å². The summed E-state index contributed by atoms with van der Waals surface area (Å²) in [6.45, 7) is 7.21. The first-order chi connectivity index (χ1) is 10.5. The third-order valence-corrected chi connectivity index (χ3v) is 6.88. The molecule has 2 saturated carbocycles. The van der Waals surface area contributed by atoms with Gasteiger partial charge < -0.3 is 14.4 Å². The van der Waals surface area contributed by atoms with Crippen molar-refractivity contribution in [1.29, 1.82) is 0 Å². The van der Waals surface area contributed by atoms with Crippen molar-refractivity contribution >= 4 is 6.09 Å². The van der Waals surface area contributed by atoms with E-state index in [-0.39, 0.29) is 17.8 Å². The van der Waals surface area contributed by atoms with Gasteiger partial charge in [0.15, 0.2) is 0 Å². The molecule has 2 heterocycles. The van der Waals surface area contributed by atoms with E-state index >= 15 is 0 Å². The second-order valence-corrected chi connectivity index (χ2v) is 8.58. The van der Waals surface area contributed by atoms with Gasteiger partial charge in [0.2, 0.25) is 0 Å². The van der Waals surface area contributed by atoms with Gasteiger partial charge in [-0.05, 0) is 49.4 Å². The fourth-order valence-electron chi connectivity index (χ4n) is 5.20. The van der Waals surface area contributed by atoms with Crippen LogP contribution >= 0.6 is 0 Å². The number of hydrogen-bond donors (Lipinski definition) is 0. The summed E-state index contributed by atoms with van der Waals surface area (Å²) in [6, 6.07) is 0. The first kappa shape index (κ1) is 14.8. The Bertz CT molecular complexity index is 455. The number of nitrogens with zero attached hydrogens (tertiary/aromatic N) is 1. The van der Waals surface area contributed by atoms with Crippen molar-refractivity contribution in [2.45, 2.75) is 76.9 Å². The first-order valence-corrected chi connectivity index (χ1v) is 9.08. The Labute approximate surface area is 133 Å². The van der Waals surface area contributed by atoms with Gasteiger partial charge in [-0.2, -0.15) is 0 Å². The molecule has 0 aromatic carbocycles. The van der Waals surface area contributed by atoms with E-state index in [1.54, 1.807) is 0 Å². The van der Waals surface area contributed by atoms with E-state index < -0.39 is 0 Å². The molecule has 2 aliphatic carbocycles. The summed E-state index contributed by atoms with van der Waals surface area (Å²) in [5.74, 6) is 0. The van der Waals surface area contributed by atoms with Crippen LogP contribution in [0.1, 0.15) is 65.2 Å². The van der Waals surface area contributed by atoms with Gasteiger partial charge in [-0.15, -0.1) is 0 Å². The number of rotatable bonds is 2. The molecule has 124 valence electrons. The Morgan fingerprint density at radius 3 is 2.50 bits per heavy atom. The Morgan fingerprint density at radius 1 is 1.23 bits per heavy atom. The highest BCUT2D eigenvalue weighted by Gasteiger charge is 2.57. The lowest BCUT2D eigenvalue weighted by atomic mass is 9.49. The largest absolute Gasteiger partial charge is 0.443 e. The summed E-state index contributed by atoms with van der Waals surface area (Å²) < 4.78 is 11.5. The number of hydrogen-bond acceptors (Lipinski definition) is 3. The fraction of sp³-hybridized carbons (Fsp3) is 0.944. The molecule has 22 heavy (non-hydrogen) atoms. The highest BCUT2D eigenvalue weighted by atomic mass is 16.6. The molecule has 1 atom stereocenters. The Hall–Kier alpha value is -0.770. The second kappa shape index (κ2) is 4.86. The maximum atomic E-state index is 12.4. The van der Waals surface area contributed by atoms with Crippen molar-refractivity contribution in [1.82, 2.24) is 4.90 Å². The van der Waals surface area contributed by atoms with Crippen molar-refractivity contribution in [3.8, 4) is 0 Å². The zero-order valence-electron chi connectivity index (χ0n) is 14.0. The molecule has 1 amide bonds. The van der Waals surface area contributed by atoms with E-state index in [9.17, 15) is 4.79 Å². The normalized spacial score (nSPS) is 33.7. The minimum Gasteiger partial charge on any atom is -0.443 e. The van der Waals surface area contributed by atoms with Gasteiger partial charge in [-0.25, -0.2) is 4.79 Å².